The summed E-state index contributed by atoms with van der Waals surface area (Å²) < 4.78 is 0. The van der Waals surface area contributed by atoms with E-state index in [1.54, 1.807) is 11.8 Å². The SMILES string of the molecule is CCN(C)/C=N\c1cc(C)c(/C(CSc2cccc(C)c2)=N/C)cc1Cl. The number of hydrogen-bond donors (Lipinski definition) is 0. The van der Waals surface area contributed by atoms with E-state index in [4.69, 9.17) is 11.6 Å². The molecule has 5 heteroatoms. The molecule has 0 aromatic heterocycles. The van der Waals surface area contributed by atoms with Crippen molar-refractivity contribution in [2.75, 3.05) is 26.4 Å². The van der Waals surface area contributed by atoms with Crippen molar-refractivity contribution in [1.82, 2.24) is 4.90 Å². The smallest absolute Gasteiger partial charge is 0.0910 e. The van der Waals surface area contributed by atoms with Gasteiger partial charge in [-0.2, -0.15) is 0 Å². The monoisotopic (exact) mass is 387 g/mol. The van der Waals surface area contributed by atoms with Crippen molar-refractivity contribution in [3.63, 3.8) is 0 Å². The second kappa shape index (κ2) is 9.79. The van der Waals surface area contributed by atoms with Crippen molar-refractivity contribution in [3.05, 3.63) is 58.1 Å². The summed E-state index contributed by atoms with van der Waals surface area (Å²) in [5.74, 6) is 0.804. The van der Waals surface area contributed by atoms with E-state index in [0.29, 0.717) is 5.02 Å². The normalized spacial score (nSPS) is 12.0. The summed E-state index contributed by atoms with van der Waals surface area (Å²) >= 11 is 8.26. The summed E-state index contributed by atoms with van der Waals surface area (Å²) in [7, 11) is 3.82. The summed E-state index contributed by atoms with van der Waals surface area (Å²) in [5, 5.41) is 0.646. The Bertz CT molecular complexity index is 815. The second-order valence-corrected chi connectivity index (χ2v) is 7.67. The van der Waals surface area contributed by atoms with Crippen LogP contribution >= 0.6 is 23.4 Å². The van der Waals surface area contributed by atoms with Gasteiger partial charge in [-0.15, -0.1) is 11.8 Å². The van der Waals surface area contributed by atoms with Crippen LogP contribution < -0.4 is 0 Å². The van der Waals surface area contributed by atoms with E-state index < -0.39 is 0 Å². The fourth-order valence-corrected chi connectivity index (χ4v) is 3.68. The minimum atomic E-state index is 0.646. The second-order valence-electron chi connectivity index (χ2n) is 6.21. The Labute approximate surface area is 166 Å². The third-order valence-corrected chi connectivity index (χ3v) is 5.44. The first-order chi connectivity index (χ1) is 12.4. The molecule has 0 saturated heterocycles. The highest BCUT2D eigenvalue weighted by Gasteiger charge is 2.11. The molecule has 0 atom stereocenters. The van der Waals surface area contributed by atoms with Crippen molar-refractivity contribution in [3.8, 4) is 0 Å². The molecule has 26 heavy (non-hydrogen) atoms. The van der Waals surface area contributed by atoms with E-state index in [2.05, 4.69) is 55.0 Å². The van der Waals surface area contributed by atoms with Crippen LogP contribution in [0.25, 0.3) is 0 Å². The lowest BCUT2D eigenvalue weighted by Crippen LogP contribution is -2.14. The van der Waals surface area contributed by atoms with Crippen molar-refractivity contribution >= 4 is 41.1 Å². The quantitative estimate of drug-likeness (QED) is 0.342. The molecule has 0 N–H and O–H groups in total. The number of rotatable bonds is 7. The van der Waals surface area contributed by atoms with Crippen LogP contribution in [0.1, 0.15) is 23.6 Å². The van der Waals surface area contributed by atoms with Gasteiger partial charge < -0.3 is 4.90 Å². The Morgan fingerprint density at radius 3 is 2.65 bits per heavy atom. The molecule has 0 aliphatic heterocycles. The Kier molecular flexibility index (Phi) is 7.73. The van der Waals surface area contributed by atoms with Crippen molar-refractivity contribution in [1.29, 1.82) is 0 Å². The van der Waals surface area contributed by atoms with Crippen molar-refractivity contribution in [2.24, 2.45) is 9.98 Å². The van der Waals surface area contributed by atoms with E-state index in [-0.39, 0.29) is 0 Å². The molecule has 138 valence electrons. The van der Waals surface area contributed by atoms with Gasteiger partial charge in [0.1, 0.15) is 0 Å². The molecular weight excluding hydrogens is 362 g/mol. The maximum absolute atomic E-state index is 6.47. The molecule has 2 rings (SSSR count). The van der Waals surface area contributed by atoms with Crippen LogP contribution in [0.2, 0.25) is 5.02 Å². The van der Waals surface area contributed by atoms with Gasteiger partial charge in [0.2, 0.25) is 0 Å². The average Bonchev–Trinajstić information content (AvgIpc) is 2.63. The van der Waals surface area contributed by atoms with Crippen molar-refractivity contribution in [2.45, 2.75) is 25.7 Å². The minimum Gasteiger partial charge on any atom is -0.366 e. The molecule has 2 aromatic rings. The highest BCUT2D eigenvalue weighted by atomic mass is 35.5. The number of halogens is 1. The molecule has 0 bridgehead atoms. The number of aryl methyl sites for hydroxylation is 2. The number of thioether (sulfide) groups is 1. The van der Waals surface area contributed by atoms with Crippen LogP contribution in [-0.2, 0) is 0 Å². The van der Waals surface area contributed by atoms with Crippen LogP contribution in [0.15, 0.2) is 51.3 Å². The third-order valence-electron chi connectivity index (χ3n) is 4.13. The third kappa shape index (κ3) is 5.61. The van der Waals surface area contributed by atoms with Gasteiger partial charge in [-0.3, -0.25) is 4.99 Å². The number of aliphatic imine (C=N–C) groups is 2. The van der Waals surface area contributed by atoms with Crippen LogP contribution in [0, 0.1) is 13.8 Å². The van der Waals surface area contributed by atoms with Crippen LogP contribution in [-0.4, -0.2) is 43.3 Å². The fourth-order valence-electron chi connectivity index (χ4n) is 2.44. The molecular formula is C21H26ClN3S. The van der Waals surface area contributed by atoms with Gasteiger partial charge in [0.25, 0.3) is 0 Å². The van der Waals surface area contributed by atoms with E-state index >= 15 is 0 Å². The van der Waals surface area contributed by atoms with E-state index in [0.717, 1.165) is 34.8 Å². The molecule has 2 aromatic carbocycles. The number of hydrogen-bond acceptors (Lipinski definition) is 3. The predicted octanol–water partition coefficient (Wildman–Crippen LogP) is 5.78. The topological polar surface area (TPSA) is 28.0 Å². The maximum atomic E-state index is 6.47. The lowest BCUT2D eigenvalue weighted by Gasteiger charge is -2.13. The highest BCUT2D eigenvalue weighted by Crippen LogP contribution is 2.30. The van der Waals surface area contributed by atoms with Gasteiger partial charge in [0.15, 0.2) is 0 Å². The molecule has 0 aliphatic rings. The molecule has 0 unspecified atom stereocenters. The van der Waals surface area contributed by atoms with Gasteiger partial charge >= 0.3 is 0 Å². The predicted molar refractivity (Wildman–Crippen MR) is 117 cm³/mol. The molecule has 0 amide bonds. The van der Waals surface area contributed by atoms with Gasteiger partial charge in [0, 0.05) is 36.9 Å². The summed E-state index contributed by atoms with van der Waals surface area (Å²) in [4.78, 5) is 12.3. The summed E-state index contributed by atoms with van der Waals surface area (Å²) in [6, 6.07) is 12.5. The molecule has 0 spiro atoms. The zero-order valence-electron chi connectivity index (χ0n) is 16.1. The number of nitrogens with zero attached hydrogens (tertiary/aromatic N) is 3. The summed E-state index contributed by atoms with van der Waals surface area (Å²) in [6.07, 6.45) is 1.81. The first-order valence-electron chi connectivity index (χ1n) is 8.64. The first-order valence-corrected chi connectivity index (χ1v) is 10.0. The highest BCUT2D eigenvalue weighted by molar-refractivity contribution is 8.00. The zero-order valence-corrected chi connectivity index (χ0v) is 17.7. The fraction of sp³-hybridized carbons (Fsp3) is 0.333. The van der Waals surface area contributed by atoms with E-state index in [1.165, 1.54) is 10.5 Å². The van der Waals surface area contributed by atoms with E-state index in [9.17, 15) is 0 Å². The Morgan fingerprint density at radius 1 is 1.23 bits per heavy atom. The van der Waals surface area contributed by atoms with Crippen LogP contribution in [0.4, 0.5) is 5.69 Å². The van der Waals surface area contributed by atoms with Gasteiger partial charge in [-0.1, -0.05) is 29.3 Å². The lowest BCUT2D eigenvalue weighted by atomic mass is 10.0. The van der Waals surface area contributed by atoms with Crippen LogP contribution in [0.5, 0.6) is 0 Å². The molecule has 0 radical (unpaired) electrons. The average molecular weight is 388 g/mol. The van der Waals surface area contributed by atoms with Gasteiger partial charge in [-0.25, -0.2) is 4.99 Å². The lowest BCUT2D eigenvalue weighted by molar-refractivity contribution is 0.552. The maximum Gasteiger partial charge on any atom is 0.0910 e. The Balaban J connectivity index is 2.20. The Hall–Kier alpha value is -1.78. The molecule has 0 heterocycles. The molecule has 0 aliphatic carbocycles. The molecule has 0 saturated carbocycles. The van der Waals surface area contributed by atoms with E-state index in [1.807, 2.05) is 37.5 Å². The first kappa shape index (κ1) is 20.5. The van der Waals surface area contributed by atoms with Gasteiger partial charge in [-0.05, 0) is 50.6 Å². The van der Waals surface area contributed by atoms with Crippen molar-refractivity contribution < 1.29 is 0 Å². The summed E-state index contributed by atoms with van der Waals surface area (Å²) in [6.45, 7) is 7.17. The Morgan fingerprint density at radius 2 is 2.00 bits per heavy atom. The standard InChI is InChI=1S/C21H26ClN3S/c1-6-25(5)14-24-20-11-16(3)18(12-19(20)22)21(23-4)13-26-17-9-7-8-15(2)10-17/h7-12,14H,6,13H2,1-5H3/b23-21+,24-14-. The zero-order chi connectivity index (χ0) is 19.1. The molecule has 3 nitrogen and oxygen atoms in total. The molecule has 0 fully saturated rings. The van der Waals surface area contributed by atoms with Gasteiger partial charge in [0.05, 0.1) is 22.8 Å². The largest absolute Gasteiger partial charge is 0.366 e. The van der Waals surface area contributed by atoms with Crippen LogP contribution in [0.3, 0.4) is 0 Å². The minimum absolute atomic E-state index is 0.646. The number of benzene rings is 2. The summed E-state index contributed by atoms with van der Waals surface area (Å²) in [5.41, 5.74) is 5.31.